The van der Waals surface area contributed by atoms with Gasteiger partial charge >= 0.3 is 6.09 Å². The van der Waals surface area contributed by atoms with Gasteiger partial charge in [-0.2, -0.15) is 4.39 Å². The summed E-state index contributed by atoms with van der Waals surface area (Å²) >= 11 is 0. The molecule has 2 bridgehead atoms. The first-order valence-electron chi connectivity index (χ1n) is 6.18. The summed E-state index contributed by atoms with van der Waals surface area (Å²) in [5, 5.41) is 0. The first-order valence-corrected chi connectivity index (χ1v) is 6.18. The molecule has 0 aliphatic carbocycles. The summed E-state index contributed by atoms with van der Waals surface area (Å²) in [6, 6.07) is 3.58. The molecule has 3 heterocycles. The largest absolute Gasteiger partial charge is 0.453 e. The van der Waals surface area contributed by atoms with E-state index in [9.17, 15) is 9.18 Å². The second kappa shape index (κ2) is 4.23. The van der Waals surface area contributed by atoms with Crippen LogP contribution >= 0.6 is 0 Å². The molecule has 0 saturated carbocycles. The molecule has 2 aliphatic rings. The van der Waals surface area contributed by atoms with Gasteiger partial charge in [0, 0.05) is 24.2 Å². The molecule has 0 N–H and O–H groups in total. The highest BCUT2D eigenvalue weighted by molar-refractivity contribution is 5.69. The van der Waals surface area contributed by atoms with Crippen LogP contribution in [0.5, 0.6) is 0 Å². The smallest absolute Gasteiger partial charge is 0.410 e. The molecule has 1 aromatic rings. The van der Waals surface area contributed by atoms with E-state index in [1.807, 2.05) is 4.90 Å². The minimum atomic E-state index is -0.466. The average molecular weight is 250 g/mol. The number of hydrogen-bond donors (Lipinski definition) is 0. The molecular weight excluding hydrogens is 235 g/mol. The molecule has 0 spiro atoms. The maximum Gasteiger partial charge on any atom is 0.410 e. The van der Waals surface area contributed by atoms with Crippen molar-refractivity contribution in [3.63, 3.8) is 0 Å². The number of carbonyl (C=O) groups is 1. The Morgan fingerprint density at radius 1 is 1.50 bits per heavy atom. The molecule has 2 saturated heterocycles. The molecule has 2 aliphatic heterocycles. The highest BCUT2D eigenvalue weighted by Crippen LogP contribution is 2.46. The van der Waals surface area contributed by atoms with Crippen molar-refractivity contribution in [2.75, 3.05) is 7.11 Å². The van der Waals surface area contributed by atoms with Crippen molar-refractivity contribution in [2.45, 2.75) is 37.3 Å². The van der Waals surface area contributed by atoms with Crippen LogP contribution in [0.4, 0.5) is 9.18 Å². The summed E-state index contributed by atoms with van der Waals surface area (Å²) in [7, 11) is 1.41. The van der Waals surface area contributed by atoms with Gasteiger partial charge < -0.3 is 9.64 Å². The van der Waals surface area contributed by atoms with Crippen LogP contribution in [0.15, 0.2) is 18.3 Å². The summed E-state index contributed by atoms with van der Waals surface area (Å²) in [6.07, 6.45) is 4.27. The lowest BCUT2D eigenvalue weighted by Crippen LogP contribution is -2.36. The second-order valence-electron chi connectivity index (χ2n) is 4.93. The molecule has 1 amide bonds. The van der Waals surface area contributed by atoms with Gasteiger partial charge in [0.1, 0.15) is 0 Å². The number of pyridine rings is 1. The van der Waals surface area contributed by atoms with Crippen LogP contribution in [0.3, 0.4) is 0 Å². The standard InChI is InChI=1S/C13H15FN2O2/c1-18-13(17)16-9-3-4-11(16)10(6-9)8-2-5-12(14)15-7-8/h2,5,7,9-11H,3-4,6H2,1H3/t9-,10+,11+/m0/s1. The number of halogens is 1. The van der Waals surface area contributed by atoms with Crippen molar-refractivity contribution in [3.8, 4) is 0 Å². The quantitative estimate of drug-likeness (QED) is 0.718. The third kappa shape index (κ3) is 1.65. The Bertz CT molecular complexity index is 463. The van der Waals surface area contributed by atoms with E-state index in [1.165, 1.54) is 13.2 Å². The third-order valence-electron chi connectivity index (χ3n) is 4.10. The number of aromatic nitrogens is 1. The van der Waals surface area contributed by atoms with Gasteiger partial charge in [0.2, 0.25) is 5.95 Å². The van der Waals surface area contributed by atoms with Crippen molar-refractivity contribution in [2.24, 2.45) is 0 Å². The van der Waals surface area contributed by atoms with Crippen LogP contribution < -0.4 is 0 Å². The zero-order chi connectivity index (χ0) is 12.7. The third-order valence-corrected chi connectivity index (χ3v) is 4.10. The zero-order valence-electron chi connectivity index (χ0n) is 10.2. The highest BCUT2D eigenvalue weighted by atomic mass is 19.1. The number of amides is 1. The molecule has 96 valence electrons. The van der Waals surface area contributed by atoms with Crippen molar-refractivity contribution in [3.05, 3.63) is 29.8 Å². The summed E-state index contributed by atoms with van der Waals surface area (Å²) in [6.45, 7) is 0. The summed E-state index contributed by atoms with van der Waals surface area (Å²) in [5.74, 6) is -0.206. The fraction of sp³-hybridized carbons (Fsp3) is 0.538. The predicted octanol–water partition coefficient (Wildman–Crippen LogP) is 2.31. The molecule has 18 heavy (non-hydrogen) atoms. The molecule has 3 atom stereocenters. The van der Waals surface area contributed by atoms with E-state index in [-0.39, 0.29) is 24.1 Å². The fourth-order valence-electron chi connectivity index (χ4n) is 3.34. The van der Waals surface area contributed by atoms with E-state index in [1.54, 1.807) is 12.3 Å². The first-order chi connectivity index (χ1) is 8.70. The Balaban J connectivity index is 1.85. The van der Waals surface area contributed by atoms with Crippen molar-refractivity contribution >= 4 is 6.09 Å². The van der Waals surface area contributed by atoms with Crippen LogP contribution in [0.1, 0.15) is 30.7 Å². The van der Waals surface area contributed by atoms with Crippen LogP contribution in [0.25, 0.3) is 0 Å². The molecule has 1 aromatic heterocycles. The van der Waals surface area contributed by atoms with Crippen LogP contribution in [-0.4, -0.2) is 35.2 Å². The molecule has 2 fully saturated rings. The van der Waals surface area contributed by atoms with Crippen molar-refractivity contribution in [1.29, 1.82) is 0 Å². The van der Waals surface area contributed by atoms with Crippen LogP contribution in [0.2, 0.25) is 0 Å². The number of methoxy groups -OCH3 is 1. The Labute approximate surface area is 105 Å². The van der Waals surface area contributed by atoms with Crippen LogP contribution in [0, 0.1) is 5.95 Å². The lowest BCUT2D eigenvalue weighted by atomic mass is 9.85. The number of rotatable bonds is 1. The number of carbonyl (C=O) groups excluding carboxylic acids is 1. The second-order valence-corrected chi connectivity index (χ2v) is 4.93. The fourth-order valence-corrected chi connectivity index (χ4v) is 3.34. The number of hydrogen-bond acceptors (Lipinski definition) is 3. The van der Waals surface area contributed by atoms with Gasteiger partial charge in [0.15, 0.2) is 0 Å². The van der Waals surface area contributed by atoms with Gasteiger partial charge in [0.05, 0.1) is 7.11 Å². The van der Waals surface area contributed by atoms with Gasteiger partial charge in [-0.05, 0) is 30.9 Å². The summed E-state index contributed by atoms with van der Waals surface area (Å²) in [4.78, 5) is 17.3. The molecular formula is C13H15FN2O2. The Morgan fingerprint density at radius 3 is 3.00 bits per heavy atom. The van der Waals surface area contributed by atoms with Gasteiger partial charge in [0.25, 0.3) is 0 Å². The van der Waals surface area contributed by atoms with Gasteiger partial charge in [-0.25, -0.2) is 9.78 Å². The topological polar surface area (TPSA) is 42.4 Å². The normalized spacial score (nSPS) is 29.7. The lowest BCUT2D eigenvalue weighted by Gasteiger charge is -2.23. The van der Waals surface area contributed by atoms with Gasteiger partial charge in [-0.15, -0.1) is 0 Å². The molecule has 0 radical (unpaired) electrons. The lowest BCUT2D eigenvalue weighted by molar-refractivity contribution is 0.116. The Hall–Kier alpha value is -1.65. The number of ether oxygens (including phenoxy) is 1. The minimum absolute atomic E-state index is 0.176. The van der Waals surface area contributed by atoms with Gasteiger partial charge in [-0.1, -0.05) is 6.07 Å². The maximum absolute atomic E-state index is 12.8. The van der Waals surface area contributed by atoms with Crippen molar-refractivity contribution in [1.82, 2.24) is 9.88 Å². The van der Waals surface area contributed by atoms with E-state index >= 15 is 0 Å². The van der Waals surface area contributed by atoms with E-state index in [0.717, 1.165) is 24.8 Å². The first kappa shape index (κ1) is 11.4. The van der Waals surface area contributed by atoms with Gasteiger partial charge in [-0.3, -0.25) is 0 Å². The molecule has 5 heteroatoms. The van der Waals surface area contributed by atoms with E-state index in [0.29, 0.717) is 0 Å². The monoisotopic (exact) mass is 250 g/mol. The SMILES string of the molecule is COC(=O)N1[C@H]2CC[C@@H]1[C@@H](c1ccc(F)nc1)C2. The predicted molar refractivity (Wildman–Crippen MR) is 62.6 cm³/mol. The zero-order valence-corrected chi connectivity index (χ0v) is 10.2. The summed E-state index contributed by atoms with van der Waals surface area (Å²) in [5.41, 5.74) is 1.01. The molecule has 4 nitrogen and oxygen atoms in total. The minimum Gasteiger partial charge on any atom is -0.453 e. The van der Waals surface area contributed by atoms with E-state index in [4.69, 9.17) is 4.74 Å². The maximum atomic E-state index is 12.8. The number of nitrogens with zero attached hydrogens (tertiary/aromatic N) is 2. The molecule has 3 rings (SSSR count). The Kier molecular flexibility index (Phi) is 2.69. The van der Waals surface area contributed by atoms with Crippen LogP contribution in [-0.2, 0) is 4.74 Å². The van der Waals surface area contributed by atoms with E-state index in [2.05, 4.69) is 4.98 Å². The summed E-state index contributed by atoms with van der Waals surface area (Å²) < 4.78 is 17.7. The molecule has 0 aromatic carbocycles. The highest BCUT2D eigenvalue weighted by Gasteiger charge is 2.49. The van der Waals surface area contributed by atoms with E-state index < -0.39 is 5.95 Å². The van der Waals surface area contributed by atoms with Crippen molar-refractivity contribution < 1.29 is 13.9 Å². The number of fused-ring (bicyclic) bond motifs is 2. The Morgan fingerprint density at radius 2 is 2.33 bits per heavy atom. The average Bonchev–Trinajstić information content (AvgIpc) is 2.96. The molecule has 0 unspecified atom stereocenters.